The molecule has 0 amide bonds. The molecule has 0 aromatic carbocycles. The summed E-state index contributed by atoms with van der Waals surface area (Å²) in [5.41, 5.74) is 0. The zero-order chi connectivity index (χ0) is 4.41. The number of allylic oxidation sites excluding steroid dienone is 2. The lowest BCUT2D eigenvalue weighted by molar-refractivity contribution is -0.110. The van der Waals surface area contributed by atoms with E-state index in [1.807, 2.05) is 12.2 Å². The van der Waals surface area contributed by atoms with Crippen molar-refractivity contribution in [2.75, 3.05) is 0 Å². The Bertz CT molecular complexity index is 83.9. The van der Waals surface area contributed by atoms with Crippen molar-refractivity contribution >= 4 is 6.29 Å². The van der Waals surface area contributed by atoms with Crippen LogP contribution in [0.1, 0.15) is 6.42 Å². The highest BCUT2D eigenvalue weighted by atomic mass is 16.1. The van der Waals surface area contributed by atoms with E-state index in [-0.39, 0.29) is 5.92 Å². The van der Waals surface area contributed by atoms with Crippen molar-refractivity contribution in [3.05, 3.63) is 12.2 Å². The third-order valence-electron chi connectivity index (χ3n) is 0.966. The molecule has 6 heavy (non-hydrogen) atoms. The molecule has 1 atom stereocenters. The molecule has 0 aliphatic heterocycles. The first-order valence-electron chi connectivity index (χ1n) is 2.05. The number of rotatable bonds is 1. The van der Waals surface area contributed by atoms with Crippen LogP contribution in [0.4, 0.5) is 0 Å². The second kappa shape index (κ2) is 1.25. The Morgan fingerprint density at radius 3 is 2.50 bits per heavy atom. The van der Waals surface area contributed by atoms with Crippen LogP contribution >= 0.6 is 0 Å². The quantitative estimate of drug-likeness (QED) is 0.337. The maximum atomic E-state index is 9.74. The molecule has 0 spiro atoms. The molecule has 0 saturated heterocycles. The van der Waals surface area contributed by atoms with Gasteiger partial charge < -0.3 is 4.79 Å². The molecule has 1 aliphatic rings. The van der Waals surface area contributed by atoms with E-state index in [2.05, 4.69) is 0 Å². The lowest BCUT2D eigenvalue weighted by atomic mass is 9.98. The SMILES string of the molecule is O=C[C@@H]1C=CC1. The van der Waals surface area contributed by atoms with E-state index >= 15 is 0 Å². The lowest BCUT2D eigenvalue weighted by Crippen LogP contribution is -2.02. The van der Waals surface area contributed by atoms with Crippen LogP contribution in [0.5, 0.6) is 0 Å². The minimum absolute atomic E-state index is 0.255. The summed E-state index contributed by atoms with van der Waals surface area (Å²) in [6, 6.07) is 0. The highest BCUT2D eigenvalue weighted by molar-refractivity contribution is 5.59. The standard InChI is InChI=1S/C5H6O/c6-4-5-2-1-3-5/h1-2,4-5H,3H2/t5-/m1/s1. The summed E-state index contributed by atoms with van der Waals surface area (Å²) in [6.07, 6.45) is 5.84. The van der Waals surface area contributed by atoms with Gasteiger partial charge in [-0.05, 0) is 6.42 Å². The Kier molecular flexibility index (Phi) is 0.748. The fourth-order valence-electron chi connectivity index (χ4n) is 0.394. The van der Waals surface area contributed by atoms with E-state index in [4.69, 9.17) is 0 Å². The molecule has 1 heteroatoms. The van der Waals surface area contributed by atoms with Gasteiger partial charge in [0.05, 0.1) is 0 Å². The molecule has 0 heterocycles. The largest absolute Gasteiger partial charge is 0.303 e. The number of hydrogen-bond donors (Lipinski definition) is 0. The molecule has 0 fully saturated rings. The monoisotopic (exact) mass is 82.0 g/mol. The smallest absolute Gasteiger partial charge is 0.127 e. The van der Waals surface area contributed by atoms with E-state index in [0.29, 0.717) is 0 Å². The van der Waals surface area contributed by atoms with Crippen LogP contribution in [-0.4, -0.2) is 6.29 Å². The van der Waals surface area contributed by atoms with Crippen molar-refractivity contribution in [3.8, 4) is 0 Å². The Hall–Kier alpha value is -0.590. The zero-order valence-corrected chi connectivity index (χ0v) is 3.42. The third kappa shape index (κ3) is 0.361. The predicted octanol–water partition coefficient (Wildman–Crippen LogP) is 0.761. The fourth-order valence-corrected chi connectivity index (χ4v) is 0.394. The fraction of sp³-hybridized carbons (Fsp3) is 0.400. The first-order valence-corrected chi connectivity index (χ1v) is 2.05. The average molecular weight is 82.1 g/mol. The lowest BCUT2D eigenvalue weighted by Gasteiger charge is -2.06. The average Bonchev–Trinajstić information content (AvgIpc) is 1.31. The molecule has 0 bridgehead atoms. The maximum absolute atomic E-state index is 9.74. The minimum atomic E-state index is 0.255. The summed E-state index contributed by atoms with van der Waals surface area (Å²) in [7, 11) is 0. The molecular formula is C5H6O. The Morgan fingerprint density at radius 2 is 2.50 bits per heavy atom. The predicted molar refractivity (Wildman–Crippen MR) is 23.3 cm³/mol. The van der Waals surface area contributed by atoms with Gasteiger partial charge in [0.1, 0.15) is 6.29 Å². The number of carbonyl (C=O) groups excluding carboxylic acids is 1. The number of aldehydes is 1. The van der Waals surface area contributed by atoms with Crippen molar-refractivity contribution in [2.45, 2.75) is 6.42 Å². The first kappa shape index (κ1) is 3.59. The van der Waals surface area contributed by atoms with Gasteiger partial charge >= 0.3 is 0 Å². The summed E-state index contributed by atoms with van der Waals surface area (Å²) < 4.78 is 0. The Balaban J connectivity index is 2.39. The van der Waals surface area contributed by atoms with Gasteiger partial charge in [-0.3, -0.25) is 0 Å². The van der Waals surface area contributed by atoms with Crippen molar-refractivity contribution in [1.29, 1.82) is 0 Å². The van der Waals surface area contributed by atoms with E-state index in [9.17, 15) is 4.79 Å². The minimum Gasteiger partial charge on any atom is -0.303 e. The molecule has 0 unspecified atom stereocenters. The van der Waals surface area contributed by atoms with Crippen molar-refractivity contribution in [2.24, 2.45) is 5.92 Å². The van der Waals surface area contributed by atoms with Gasteiger partial charge in [0.25, 0.3) is 0 Å². The van der Waals surface area contributed by atoms with Crippen molar-refractivity contribution < 1.29 is 4.79 Å². The van der Waals surface area contributed by atoms with E-state index in [1.165, 1.54) is 0 Å². The molecule has 32 valence electrons. The van der Waals surface area contributed by atoms with Gasteiger partial charge in [-0.1, -0.05) is 12.2 Å². The normalized spacial score (nSPS) is 29.0. The van der Waals surface area contributed by atoms with Gasteiger partial charge in [-0.15, -0.1) is 0 Å². The van der Waals surface area contributed by atoms with E-state index in [1.54, 1.807) is 0 Å². The van der Waals surface area contributed by atoms with Gasteiger partial charge in [0.2, 0.25) is 0 Å². The zero-order valence-electron chi connectivity index (χ0n) is 3.42. The summed E-state index contributed by atoms with van der Waals surface area (Å²) >= 11 is 0. The molecule has 1 aliphatic carbocycles. The summed E-state index contributed by atoms with van der Waals surface area (Å²) in [6.45, 7) is 0. The number of hydrogen-bond acceptors (Lipinski definition) is 1. The highest BCUT2D eigenvalue weighted by Crippen LogP contribution is 2.11. The van der Waals surface area contributed by atoms with Crippen molar-refractivity contribution in [1.82, 2.24) is 0 Å². The molecule has 0 radical (unpaired) electrons. The Morgan fingerprint density at radius 1 is 1.83 bits per heavy atom. The Labute approximate surface area is 36.7 Å². The van der Waals surface area contributed by atoms with Crippen LogP contribution in [0.25, 0.3) is 0 Å². The van der Waals surface area contributed by atoms with Crippen LogP contribution in [-0.2, 0) is 4.79 Å². The molecule has 0 N–H and O–H groups in total. The number of carbonyl (C=O) groups is 1. The second-order valence-corrected chi connectivity index (χ2v) is 1.46. The van der Waals surface area contributed by atoms with Crippen LogP contribution in [0.15, 0.2) is 12.2 Å². The maximum Gasteiger partial charge on any atom is 0.127 e. The molecule has 0 aromatic rings. The third-order valence-corrected chi connectivity index (χ3v) is 0.966. The van der Waals surface area contributed by atoms with E-state index < -0.39 is 0 Å². The van der Waals surface area contributed by atoms with Crippen LogP contribution in [0, 0.1) is 5.92 Å². The summed E-state index contributed by atoms with van der Waals surface area (Å²) in [5.74, 6) is 0.255. The van der Waals surface area contributed by atoms with Crippen LogP contribution in [0.3, 0.4) is 0 Å². The summed E-state index contributed by atoms with van der Waals surface area (Å²) in [5, 5.41) is 0. The molecule has 0 aromatic heterocycles. The van der Waals surface area contributed by atoms with Gasteiger partial charge in [-0.2, -0.15) is 0 Å². The molecular weight excluding hydrogens is 76.1 g/mol. The van der Waals surface area contributed by atoms with Crippen LogP contribution < -0.4 is 0 Å². The first-order chi connectivity index (χ1) is 2.93. The van der Waals surface area contributed by atoms with Gasteiger partial charge in [0.15, 0.2) is 0 Å². The van der Waals surface area contributed by atoms with E-state index in [0.717, 1.165) is 12.7 Å². The molecule has 1 nitrogen and oxygen atoms in total. The summed E-state index contributed by atoms with van der Waals surface area (Å²) in [4.78, 5) is 9.74. The van der Waals surface area contributed by atoms with Gasteiger partial charge in [-0.25, -0.2) is 0 Å². The van der Waals surface area contributed by atoms with Crippen LogP contribution in [0.2, 0.25) is 0 Å². The topological polar surface area (TPSA) is 17.1 Å². The molecule has 0 saturated carbocycles. The molecule has 1 rings (SSSR count). The highest BCUT2D eigenvalue weighted by Gasteiger charge is 2.05. The second-order valence-electron chi connectivity index (χ2n) is 1.46. The van der Waals surface area contributed by atoms with Crippen molar-refractivity contribution in [3.63, 3.8) is 0 Å². The van der Waals surface area contributed by atoms with Gasteiger partial charge in [0, 0.05) is 5.92 Å².